The number of aromatic nitrogens is 2. The Bertz CT molecular complexity index is 1100. The Labute approximate surface area is 191 Å². The van der Waals surface area contributed by atoms with Crippen molar-refractivity contribution in [3.05, 3.63) is 74.4 Å². The quantitative estimate of drug-likeness (QED) is 0.320. The van der Waals surface area contributed by atoms with E-state index in [-0.39, 0.29) is 5.56 Å². The molecule has 2 aromatic carbocycles. The van der Waals surface area contributed by atoms with E-state index in [1.54, 1.807) is 36.4 Å². The molecule has 0 bridgehead atoms. The molecule has 2 N–H and O–H groups in total. The van der Waals surface area contributed by atoms with Gasteiger partial charge in [-0.05, 0) is 68.3 Å². The highest BCUT2D eigenvalue weighted by molar-refractivity contribution is 9.11. The number of nitrogens with one attached hydrogen (secondary N) is 1. The van der Waals surface area contributed by atoms with Crippen molar-refractivity contribution in [2.24, 2.45) is 0 Å². The van der Waals surface area contributed by atoms with Crippen molar-refractivity contribution in [3.8, 4) is 17.9 Å². The number of halogens is 3. The van der Waals surface area contributed by atoms with E-state index in [1.165, 1.54) is 12.4 Å². The molecule has 0 fully saturated rings. The van der Waals surface area contributed by atoms with Gasteiger partial charge >= 0.3 is 0 Å². The highest BCUT2D eigenvalue weighted by Gasteiger charge is 2.31. The Morgan fingerprint density at radius 2 is 1.52 bits per heavy atom. The highest BCUT2D eigenvalue weighted by Crippen LogP contribution is 2.40. The number of alkyl halides is 1. The maximum absolute atomic E-state index is 10.7. The van der Waals surface area contributed by atoms with Crippen LogP contribution in [0.4, 0.5) is 11.6 Å². The molecule has 7 nitrogen and oxygen atoms in total. The third kappa shape index (κ3) is 5.11. The van der Waals surface area contributed by atoms with Gasteiger partial charge in [0.2, 0.25) is 5.95 Å². The first-order valence-electron chi connectivity index (χ1n) is 7.91. The zero-order chi connectivity index (χ0) is 21.0. The van der Waals surface area contributed by atoms with Gasteiger partial charge in [-0.2, -0.15) is 10.5 Å². The second-order valence-corrected chi connectivity index (χ2v) is 8.44. The van der Waals surface area contributed by atoms with Crippen molar-refractivity contribution < 1.29 is 9.84 Å². The predicted molar refractivity (Wildman–Crippen MR) is 116 cm³/mol. The first kappa shape index (κ1) is 21.2. The summed E-state index contributed by atoms with van der Waals surface area (Å²) in [6.45, 7) is 0. The van der Waals surface area contributed by atoms with Crippen LogP contribution in [0.25, 0.3) is 0 Å². The lowest BCUT2D eigenvalue weighted by Gasteiger charge is -2.24. The molecule has 0 saturated heterocycles. The fourth-order valence-electron chi connectivity index (χ4n) is 2.23. The first-order valence-corrected chi connectivity index (χ1v) is 10.3. The lowest BCUT2D eigenvalue weighted by molar-refractivity contribution is -0.0522. The number of anilines is 2. The minimum absolute atomic E-state index is 0.256. The molecule has 0 saturated carbocycles. The fraction of sp³-hybridized carbons (Fsp3) is 0.0526. The van der Waals surface area contributed by atoms with Crippen LogP contribution in [0, 0.1) is 22.7 Å². The van der Waals surface area contributed by atoms with Gasteiger partial charge in [-0.15, -0.1) is 0 Å². The first-order chi connectivity index (χ1) is 13.8. The third-order valence-electron chi connectivity index (χ3n) is 3.64. The molecule has 144 valence electrons. The van der Waals surface area contributed by atoms with Crippen LogP contribution >= 0.6 is 47.8 Å². The van der Waals surface area contributed by atoms with Crippen molar-refractivity contribution in [1.82, 2.24) is 9.97 Å². The molecule has 0 radical (unpaired) electrons. The molecule has 3 rings (SSSR count). The Kier molecular flexibility index (Phi) is 6.50. The molecule has 0 aliphatic heterocycles. The number of benzene rings is 2. The molecule has 1 aromatic heterocycles. The monoisotopic (exact) mass is 577 g/mol. The second-order valence-electron chi connectivity index (χ2n) is 5.65. The van der Waals surface area contributed by atoms with Gasteiger partial charge in [-0.25, -0.2) is 9.97 Å². The van der Waals surface area contributed by atoms with Gasteiger partial charge in [0.15, 0.2) is 5.75 Å². The molecule has 0 aliphatic rings. The van der Waals surface area contributed by atoms with E-state index in [9.17, 15) is 5.11 Å². The summed E-state index contributed by atoms with van der Waals surface area (Å²) < 4.78 is 4.74. The fourth-order valence-corrected chi connectivity index (χ4v) is 3.94. The topological polar surface area (TPSA) is 115 Å². The van der Waals surface area contributed by atoms with Crippen LogP contribution in [0.5, 0.6) is 5.75 Å². The lowest BCUT2D eigenvalue weighted by atomic mass is 10.2. The Morgan fingerprint density at radius 1 is 0.966 bits per heavy atom. The predicted octanol–water partition coefficient (Wildman–Crippen LogP) is 5.07. The van der Waals surface area contributed by atoms with Gasteiger partial charge < -0.3 is 15.2 Å². The molecule has 1 atom stereocenters. The minimum Gasteiger partial charge on any atom is -0.446 e. The number of rotatable bonds is 5. The Morgan fingerprint density at radius 3 is 2.03 bits per heavy atom. The van der Waals surface area contributed by atoms with E-state index in [4.69, 9.17) is 15.3 Å². The molecule has 29 heavy (non-hydrogen) atoms. The normalized spacial score (nSPS) is 12.3. The molecule has 0 aliphatic carbocycles. The van der Waals surface area contributed by atoms with Crippen molar-refractivity contribution in [2.45, 2.75) is 4.70 Å². The number of nitriles is 2. The summed E-state index contributed by atoms with van der Waals surface area (Å²) in [6.07, 6.45) is 2.80. The largest absolute Gasteiger partial charge is 0.446 e. The van der Waals surface area contributed by atoms with Crippen LogP contribution < -0.4 is 10.1 Å². The number of aliphatic hydroxyl groups is 1. The average molecular weight is 580 g/mol. The summed E-state index contributed by atoms with van der Waals surface area (Å²) in [7, 11) is 0. The van der Waals surface area contributed by atoms with Gasteiger partial charge in [-0.3, -0.25) is 0 Å². The summed E-state index contributed by atoms with van der Waals surface area (Å²) in [5.74, 6) is 0.602. The van der Waals surface area contributed by atoms with Crippen molar-refractivity contribution >= 4 is 59.4 Å². The smallest absolute Gasteiger partial charge is 0.295 e. The SMILES string of the molecule is N#Cc1ccc(Nc2ncc(C(O)(Br)Oc3c(Br)cc(C#N)cc3Br)cn2)cc1. The summed E-state index contributed by atoms with van der Waals surface area (Å²) in [4.78, 5) is 8.35. The highest BCUT2D eigenvalue weighted by atomic mass is 79.9. The minimum atomic E-state index is -1.90. The van der Waals surface area contributed by atoms with E-state index < -0.39 is 4.70 Å². The van der Waals surface area contributed by atoms with Gasteiger partial charge in [0.1, 0.15) is 0 Å². The van der Waals surface area contributed by atoms with Crippen LogP contribution in [-0.2, 0) is 4.70 Å². The van der Waals surface area contributed by atoms with Crippen LogP contribution in [0.1, 0.15) is 16.7 Å². The van der Waals surface area contributed by atoms with E-state index in [2.05, 4.69) is 63.1 Å². The summed E-state index contributed by atoms with van der Waals surface area (Å²) in [5, 5.41) is 31.6. The van der Waals surface area contributed by atoms with E-state index in [0.717, 1.165) is 0 Å². The van der Waals surface area contributed by atoms with E-state index in [1.807, 2.05) is 12.1 Å². The van der Waals surface area contributed by atoms with Gasteiger partial charge in [0, 0.05) is 34.0 Å². The van der Waals surface area contributed by atoms with Gasteiger partial charge in [0.05, 0.1) is 37.8 Å². The maximum atomic E-state index is 10.7. The lowest BCUT2D eigenvalue weighted by Crippen LogP contribution is -2.26. The van der Waals surface area contributed by atoms with Gasteiger partial charge in [0.25, 0.3) is 4.70 Å². The number of ether oxygens (including phenoxy) is 1. The number of nitrogens with zero attached hydrogens (tertiary/aromatic N) is 4. The van der Waals surface area contributed by atoms with Crippen LogP contribution in [0.3, 0.4) is 0 Å². The summed E-state index contributed by atoms with van der Waals surface area (Å²) in [5.41, 5.74) is 1.95. The van der Waals surface area contributed by atoms with Crippen molar-refractivity contribution in [3.63, 3.8) is 0 Å². The molecule has 10 heteroatoms. The summed E-state index contributed by atoms with van der Waals surface area (Å²) in [6, 6.07) is 14.0. The molecular weight excluding hydrogens is 570 g/mol. The van der Waals surface area contributed by atoms with Gasteiger partial charge in [-0.1, -0.05) is 0 Å². The standard InChI is InChI=1S/C19H10Br3N5O2/c20-15-5-12(8-24)6-16(21)17(15)29-19(22,28)13-9-25-18(26-10-13)27-14-3-1-11(7-23)2-4-14/h1-6,9-10,28H,(H,25,26,27). The molecular formula is C19H10Br3N5O2. The zero-order valence-corrected chi connectivity index (χ0v) is 19.2. The molecule has 1 unspecified atom stereocenters. The number of hydrogen-bond acceptors (Lipinski definition) is 7. The number of hydrogen-bond donors (Lipinski definition) is 2. The van der Waals surface area contributed by atoms with Crippen molar-refractivity contribution in [1.29, 1.82) is 10.5 Å². The van der Waals surface area contributed by atoms with E-state index in [0.29, 0.717) is 37.5 Å². The Balaban J connectivity index is 1.78. The van der Waals surface area contributed by atoms with E-state index >= 15 is 0 Å². The average Bonchev–Trinajstić information content (AvgIpc) is 2.71. The third-order valence-corrected chi connectivity index (χ3v) is 5.44. The van der Waals surface area contributed by atoms with Crippen LogP contribution in [-0.4, -0.2) is 15.1 Å². The maximum Gasteiger partial charge on any atom is 0.295 e. The molecule has 1 heterocycles. The zero-order valence-electron chi connectivity index (χ0n) is 14.4. The van der Waals surface area contributed by atoms with Crippen LogP contribution in [0.2, 0.25) is 0 Å². The Hall–Kier alpha value is -2.50. The molecule has 0 amide bonds. The van der Waals surface area contributed by atoms with Crippen molar-refractivity contribution in [2.75, 3.05) is 5.32 Å². The summed E-state index contributed by atoms with van der Waals surface area (Å²) >= 11 is 9.78. The molecule has 0 spiro atoms. The molecule has 3 aromatic rings. The van der Waals surface area contributed by atoms with Crippen LogP contribution in [0.15, 0.2) is 57.7 Å². The second kappa shape index (κ2) is 8.89.